The number of aromatic hydroxyl groups is 1. The first-order valence-electron chi connectivity index (χ1n) is 17.2. The number of carbonyl (C=O) groups is 1. The normalized spacial score (nSPS) is 15.6. The van der Waals surface area contributed by atoms with Crippen LogP contribution in [0.4, 0.5) is 17.1 Å². The number of nitrogens with zero attached hydrogens (tertiary/aromatic N) is 1. The van der Waals surface area contributed by atoms with Gasteiger partial charge < -0.3 is 33.8 Å². The van der Waals surface area contributed by atoms with E-state index in [4.69, 9.17) is 18.1 Å². The molecule has 1 aliphatic heterocycles. The summed E-state index contributed by atoms with van der Waals surface area (Å²) in [5.41, 5.74) is 4.33. The summed E-state index contributed by atoms with van der Waals surface area (Å²) in [5.74, 6) is -0.895. The van der Waals surface area contributed by atoms with Crippen molar-refractivity contribution in [3.63, 3.8) is 0 Å². The summed E-state index contributed by atoms with van der Waals surface area (Å²) in [4.78, 5) is 37.2. The number of hydrogen-bond donors (Lipinski definition) is 4. The zero-order valence-electron chi connectivity index (χ0n) is 30.2. The molecule has 2 atom stereocenters. The van der Waals surface area contributed by atoms with Crippen LogP contribution in [0.15, 0.2) is 65.3 Å². The zero-order valence-corrected chi connectivity index (χ0v) is 32.0. The standard InChI is InChI=1S/C37H54N2O9P2/c1-8-10-23-45-49(7,42)47-33-20-14-19-31-35(33)38-36-32(25-30(40)26-34(36)48-50(43,44)46-24-11-9-2)39(37(31)41)22-21-29(6)18-13-17-28(5)16-12-15-27(3)4/h14-15,17,19-21,25-26,38,40,42H,7-13,16,18,22-24H2,1-6H3,(H,43,44)/b28-17+,29-21+. The third kappa shape index (κ3) is 12.8. The smallest absolute Gasteiger partial charge is 0.508 e. The summed E-state index contributed by atoms with van der Waals surface area (Å²) >= 11 is 0. The van der Waals surface area contributed by atoms with Gasteiger partial charge in [-0.15, -0.1) is 0 Å². The van der Waals surface area contributed by atoms with Crippen molar-refractivity contribution >= 4 is 44.7 Å². The Labute approximate surface area is 297 Å². The second-order valence-corrected chi connectivity index (χ2v) is 15.8. The molecule has 0 aromatic heterocycles. The third-order valence-corrected chi connectivity index (χ3v) is 9.86. The second kappa shape index (κ2) is 19.3. The van der Waals surface area contributed by atoms with Crippen molar-refractivity contribution in [3.05, 3.63) is 70.8 Å². The fourth-order valence-electron chi connectivity index (χ4n) is 5.06. The lowest BCUT2D eigenvalue weighted by Gasteiger charge is -2.24. The Balaban J connectivity index is 2.03. The monoisotopic (exact) mass is 732 g/mol. The molecule has 13 heteroatoms. The third-order valence-electron chi connectivity index (χ3n) is 7.85. The highest BCUT2D eigenvalue weighted by Gasteiger charge is 2.34. The molecule has 0 radical (unpaired) electrons. The number of unbranched alkanes of at least 4 members (excludes halogenated alkanes) is 2. The number of para-hydroxylation sites is 1. The van der Waals surface area contributed by atoms with E-state index >= 15 is 0 Å². The Hall–Kier alpha value is -3.30. The number of phosphoric ester groups is 1. The first kappa shape index (κ1) is 41.1. The van der Waals surface area contributed by atoms with Gasteiger partial charge in [-0.3, -0.25) is 14.2 Å². The molecule has 276 valence electrons. The van der Waals surface area contributed by atoms with Crippen molar-refractivity contribution in [1.29, 1.82) is 0 Å². The molecule has 2 aromatic carbocycles. The average molecular weight is 733 g/mol. The summed E-state index contributed by atoms with van der Waals surface area (Å²) in [6.45, 7) is 12.6. The Bertz CT molecular complexity index is 1660. The van der Waals surface area contributed by atoms with Crippen molar-refractivity contribution in [2.24, 2.45) is 0 Å². The van der Waals surface area contributed by atoms with Gasteiger partial charge in [-0.05, 0) is 84.7 Å². The van der Waals surface area contributed by atoms with Crippen molar-refractivity contribution in [3.8, 4) is 17.2 Å². The molecule has 50 heavy (non-hydrogen) atoms. The number of nitrogens with one attached hydrogen (secondary N) is 1. The number of carbonyl (C=O) groups excluding carboxylic acids is 1. The predicted octanol–water partition coefficient (Wildman–Crippen LogP) is 10.2. The van der Waals surface area contributed by atoms with Gasteiger partial charge >= 0.3 is 7.82 Å². The minimum absolute atomic E-state index is 0.0117. The van der Waals surface area contributed by atoms with Crippen LogP contribution in [0, 0.1) is 0 Å². The molecule has 1 heterocycles. The van der Waals surface area contributed by atoms with Gasteiger partial charge in [0.15, 0.2) is 11.5 Å². The zero-order chi connectivity index (χ0) is 36.9. The molecule has 0 spiro atoms. The molecule has 2 aromatic rings. The van der Waals surface area contributed by atoms with Crippen LogP contribution < -0.4 is 19.3 Å². The van der Waals surface area contributed by atoms with E-state index in [1.54, 1.807) is 18.2 Å². The van der Waals surface area contributed by atoms with Gasteiger partial charge in [-0.1, -0.05) is 67.7 Å². The van der Waals surface area contributed by atoms with Crippen molar-refractivity contribution in [1.82, 2.24) is 0 Å². The van der Waals surface area contributed by atoms with E-state index in [0.717, 1.165) is 44.1 Å². The molecule has 1 aliphatic rings. The predicted molar refractivity (Wildman–Crippen MR) is 204 cm³/mol. The van der Waals surface area contributed by atoms with Crippen LogP contribution in [0.25, 0.3) is 0 Å². The number of allylic oxidation sites excluding steroid dienone is 5. The number of fused-ring (bicyclic) bond motifs is 2. The fourth-order valence-corrected chi connectivity index (χ4v) is 6.80. The van der Waals surface area contributed by atoms with Gasteiger partial charge in [0.25, 0.3) is 13.5 Å². The number of phenolic OH excluding ortho intramolecular Hbond substituents is 1. The molecule has 4 N–H and O–H groups in total. The van der Waals surface area contributed by atoms with Crippen LogP contribution in [0.5, 0.6) is 17.2 Å². The van der Waals surface area contributed by atoms with Gasteiger partial charge in [0.05, 0.1) is 30.2 Å². The number of phosphoric acid groups is 1. The van der Waals surface area contributed by atoms with E-state index in [1.807, 2.05) is 26.8 Å². The Kier molecular flexibility index (Phi) is 15.9. The minimum Gasteiger partial charge on any atom is -0.508 e. The maximum atomic E-state index is 14.3. The number of anilines is 3. The molecule has 0 fully saturated rings. The summed E-state index contributed by atoms with van der Waals surface area (Å²) in [6.07, 6.45) is 16.6. The molecule has 0 saturated heterocycles. The number of benzene rings is 2. The number of phenols is 1. The second-order valence-electron chi connectivity index (χ2n) is 12.7. The summed E-state index contributed by atoms with van der Waals surface area (Å²) < 4.78 is 35.1. The van der Waals surface area contributed by atoms with Crippen LogP contribution in [-0.2, 0) is 13.6 Å². The SMILES string of the molecule is C=P(O)(OCCCC)Oc1cccc2c1Nc1c(OP(=O)(O)OCCCC)cc(O)cc1N(C/C=C(\C)CC/C=C(\C)CCC=C(C)C)C2=O. The van der Waals surface area contributed by atoms with E-state index in [0.29, 0.717) is 12.8 Å². The molecule has 0 aliphatic carbocycles. The average Bonchev–Trinajstić information content (AvgIpc) is 3.14. The van der Waals surface area contributed by atoms with Crippen LogP contribution >= 0.6 is 15.4 Å². The van der Waals surface area contributed by atoms with Crippen molar-refractivity contribution in [2.75, 3.05) is 30.0 Å². The largest absolute Gasteiger partial charge is 0.527 e. The molecule has 0 saturated carbocycles. The van der Waals surface area contributed by atoms with E-state index in [2.05, 4.69) is 44.5 Å². The van der Waals surface area contributed by atoms with Gasteiger partial charge in [-0.25, -0.2) is 4.57 Å². The maximum absolute atomic E-state index is 14.3. The molecule has 3 rings (SSSR count). The molecular formula is C37H54N2O9P2. The van der Waals surface area contributed by atoms with Gasteiger partial charge in [0.1, 0.15) is 11.4 Å². The van der Waals surface area contributed by atoms with E-state index in [9.17, 15) is 24.3 Å². The Morgan fingerprint density at radius 2 is 1.52 bits per heavy atom. The molecule has 1 amide bonds. The van der Waals surface area contributed by atoms with Crippen LogP contribution in [0.1, 0.15) is 103 Å². The number of amides is 1. The van der Waals surface area contributed by atoms with Crippen LogP contribution in [0.2, 0.25) is 0 Å². The highest BCUT2D eigenvalue weighted by atomic mass is 31.2. The van der Waals surface area contributed by atoms with Crippen LogP contribution in [0.3, 0.4) is 0 Å². The molecule has 2 unspecified atom stereocenters. The van der Waals surface area contributed by atoms with Gasteiger partial charge in [0.2, 0.25) is 0 Å². The van der Waals surface area contributed by atoms with Gasteiger partial charge in [0, 0.05) is 18.7 Å². The van der Waals surface area contributed by atoms with Crippen LogP contribution in [-0.4, -0.2) is 46.9 Å². The Morgan fingerprint density at radius 1 is 0.880 bits per heavy atom. The summed E-state index contributed by atoms with van der Waals surface area (Å²) in [5, 5.41) is 13.9. The lowest BCUT2D eigenvalue weighted by molar-refractivity contribution is 0.0990. The summed E-state index contributed by atoms with van der Waals surface area (Å²) in [7, 11) is -8.25. The van der Waals surface area contributed by atoms with E-state index < -0.39 is 21.3 Å². The lowest BCUT2D eigenvalue weighted by atomic mass is 10.1. The van der Waals surface area contributed by atoms with Crippen molar-refractivity contribution in [2.45, 2.75) is 92.9 Å². The quantitative estimate of drug-likeness (QED) is 0.0449. The lowest BCUT2D eigenvalue weighted by Crippen LogP contribution is -2.30. The van der Waals surface area contributed by atoms with Gasteiger partial charge in [-0.2, -0.15) is 0 Å². The molecular weight excluding hydrogens is 678 g/mol. The topological polar surface area (TPSA) is 147 Å². The molecule has 0 bridgehead atoms. The number of hydrogen-bond acceptors (Lipinski definition) is 9. The summed E-state index contributed by atoms with van der Waals surface area (Å²) in [6, 6.07) is 7.30. The van der Waals surface area contributed by atoms with Crippen molar-refractivity contribution < 1.29 is 42.3 Å². The Morgan fingerprint density at radius 3 is 2.18 bits per heavy atom. The van der Waals surface area contributed by atoms with E-state index in [1.165, 1.54) is 28.2 Å². The molecule has 11 nitrogen and oxygen atoms in total. The number of rotatable bonds is 20. The maximum Gasteiger partial charge on any atom is 0.527 e. The fraction of sp³-hybridized carbons (Fsp3) is 0.459. The minimum atomic E-state index is -4.64. The highest BCUT2D eigenvalue weighted by Crippen LogP contribution is 2.54. The highest BCUT2D eigenvalue weighted by molar-refractivity contribution is 7.59. The first-order chi connectivity index (χ1) is 23.7. The first-order valence-corrected chi connectivity index (χ1v) is 20.4. The van der Waals surface area contributed by atoms with E-state index in [-0.39, 0.29) is 59.6 Å².